The molecule has 1 heterocycles. The molecular weight excluding hydrogens is 451 g/mol. The SMILES string of the molecule is CC(C)[C@H](Nc1ccc(C(F)(F)F)cc1Cl)C(=O)NCc1ccc(S(N)(=O)=O)s1. The number of hydrogen-bond acceptors (Lipinski definition) is 5. The number of benzene rings is 1. The van der Waals surface area contributed by atoms with Gasteiger partial charge in [-0.15, -0.1) is 11.3 Å². The van der Waals surface area contributed by atoms with Crippen LogP contribution in [0, 0.1) is 5.92 Å². The number of halogens is 4. The second kappa shape index (κ2) is 8.90. The van der Waals surface area contributed by atoms with Gasteiger partial charge in [0.2, 0.25) is 15.9 Å². The number of primary sulfonamides is 1. The lowest BCUT2D eigenvalue weighted by atomic mass is 10.0. The Morgan fingerprint density at radius 2 is 1.90 bits per heavy atom. The molecule has 1 atom stereocenters. The number of nitrogens with one attached hydrogen (secondary N) is 2. The number of hydrogen-bond donors (Lipinski definition) is 3. The van der Waals surface area contributed by atoms with Crippen molar-refractivity contribution in [1.82, 2.24) is 5.32 Å². The van der Waals surface area contributed by atoms with Crippen LogP contribution >= 0.6 is 22.9 Å². The summed E-state index contributed by atoms with van der Waals surface area (Å²) in [4.78, 5) is 13.1. The third-order valence-corrected chi connectivity index (χ3v) is 6.75. The molecule has 2 aromatic rings. The first-order chi connectivity index (χ1) is 13.3. The summed E-state index contributed by atoms with van der Waals surface area (Å²) < 4.78 is 60.9. The van der Waals surface area contributed by atoms with Crippen LogP contribution in [0.1, 0.15) is 24.3 Å². The average molecular weight is 470 g/mol. The zero-order chi connectivity index (χ0) is 22.0. The van der Waals surface area contributed by atoms with Crippen LogP contribution in [-0.2, 0) is 27.5 Å². The summed E-state index contributed by atoms with van der Waals surface area (Å²) in [5.41, 5.74) is -0.692. The lowest BCUT2D eigenvalue weighted by Gasteiger charge is -2.23. The van der Waals surface area contributed by atoms with E-state index < -0.39 is 33.7 Å². The first-order valence-corrected chi connectivity index (χ1v) is 11.1. The highest BCUT2D eigenvalue weighted by atomic mass is 35.5. The Morgan fingerprint density at radius 1 is 1.24 bits per heavy atom. The maximum atomic E-state index is 12.8. The fourth-order valence-corrected chi connectivity index (χ4v) is 4.35. The zero-order valence-corrected chi connectivity index (χ0v) is 17.8. The molecule has 0 fully saturated rings. The Labute approximate surface area is 175 Å². The number of sulfonamides is 1. The van der Waals surface area contributed by atoms with E-state index in [4.69, 9.17) is 16.7 Å². The van der Waals surface area contributed by atoms with Gasteiger partial charge >= 0.3 is 6.18 Å². The van der Waals surface area contributed by atoms with Gasteiger partial charge in [-0.1, -0.05) is 25.4 Å². The van der Waals surface area contributed by atoms with Gasteiger partial charge in [0.15, 0.2) is 0 Å². The van der Waals surface area contributed by atoms with Gasteiger partial charge in [-0.05, 0) is 36.2 Å². The zero-order valence-electron chi connectivity index (χ0n) is 15.4. The Hall–Kier alpha value is -1.82. The number of carbonyl (C=O) groups is 1. The molecular formula is C17H19ClF3N3O3S2. The number of anilines is 1. The number of thiophene rings is 1. The van der Waals surface area contributed by atoms with Gasteiger partial charge in [-0.3, -0.25) is 4.79 Å². The van der Waals surface area contributed by atoms with Gasteiger partial charge in [0, 0.05) is 4.88 Å². The van der Waals surface area contributed by atoms with E-state index in [2.05, 4.69) is 10.6 Å². The molecule has 0 saturated carbocycles. The fourth-order valence-electron chi connectivity index (χ4n) is 2.40. The molecule has 0 spiro atoms. The number of alkyl halides is 3. The Morgan fingerprint density at radius 3 is 2.38 bits per heavy atom. The van der Waals surface area contributed by atoms with Crippen LogP contribution in [0.4, 0.5) is 18.9 Å². The highest BCUT2D eigenvalue weighted by Gasteiger charge is 2.31. The topological polar surface area (TPSA) is 101 Å². The molecule has 1 aromatic carbocycles. The van der Waals surface area contributed by atoms with Crippen LogP contribution in [0.5, 0.6) is 0 Å². The smallest absolute Gasteiger partial charge is 0.372 e. The van der Waals surface area contributed by atoms with Crippen LogP contribution in [0.15, 0.2) is 34.5 Å². The third-order valence-electron chi connectivity index (χ3n) is 3.91. The second-order valence-electron chi connectivity index (χ2n) is 6.54. The van der Waals surface area contributed by atoms with Crippen molar-refractivity contribution in [2.24, 2.45) is 11.1 Å². The molecule has 160 valence electrons. The predicted octanol–water partition coefficient (Wildman–Crippen LogP) is 3.82. The molecule has 12 heteroatoms. The van der Waals surface area contributed by atoms with Gasteiger partial charge < -0.3 is 10.6 Å². The van der Waals surface area contributed by atoms with Crippen molar-refractivity contribution in [2.75, 3.05) is 5.32 Å². The van der Waals surface area contributed by atoms with Crippen molar-refractivity contribution >= 4 is 44.6 Å². The molecule has 0 saturated heterocycles. The van der Waals surface area contributed by atoms with Crippen LogP contribution in [0.2, 0.25) is 5.02 Å². The first-order valence-electron chi connectivity index (χ1n) is 8.31. The molecule has 0 radical (unpaired) electrons. The molecule has 4 N–H and O–H groups in total. The second-order valence-corrected chi connectivity index (χ2v) is 9.91. The molecule has 29 heavy (non-hydrogen) atoms. The van der Waals surface area contributed by atoms with E-state index in [9.17, 15) is 26.4 Å². The summed E-state index contributed by atoms with van der Waals surface area (Å²) in [5.74, 6) is -0.627. The monoisotopic (exact) mass is 469 g/mol. The summed E-state index contributed by atoms with van der Waals surface area (Å²) >= 11 is 6.88. The molecule has 0 aliphatic carbocycles. The van der Waals surface area contributed by atoms with Crippen molar-refractivity contribution < 1.29 is 26.4 Å². The molecule has 0 aliphatic rings. The first kappa shape index (κ1) is 23.5. The van der Waals surface area contributed by atoms with E-state index in [0.29, 0.717) is 4.88 Å². The van der Waals surface area contributed by atoms with Crippen molar-refractivity contribution in [3.8, 4) is 0 Å². The Bertz CT molecular complexity index is 991. The minimum Gasteiger partial charge on any atom is -0.372 e. The standard InChI is InChI=1S/C17H19ClF3N3O3S2/c1-9(2)15(24-13-5-3-10(7-12(13)18)17(19,20)21)16(25)23-8-11-4-6-14(28-11)29(22,26)27/h3-7,9,15,24H,8H2,1-2H3,(H,23,25)(H2,22,26,27)/t15-/m0/s1. The molecule has 2 rings (SSSR count). The predicted molar refractivity (Wildman–Crippen MR) is 106 cm³/mol. The third kappa shape index (κ3) is 6.33. The normalized spacial score (nSPS) is 13.4. The lowest BCUT2D eigenvalue weighted by Crippen LogP contribution is -2.42. The van der Waals surface area contributed by atoms with Gasteiger partial charge in [0.25, 0.3) is 0 Å². The van der Waals surface area contributed by atoms with Crippen LogP contribution in [0.3, 0.4) is 0 Å². The van der Waals surface area contributed by atoms with Crippen molar-refractivity contribution in [3.05, 3.63) is 45.8 Å². The summed E-state index contributed by atoms with van der Waals surface area (Å²) in [6.07, 6.45) is -4.52. The maximum absolute atomic E-state index is 12.8. The Balaban J connectivity index is 2.09. The molecule has 0 bridgehead atoms. The highest BCUT2D eigenvalue weighted by molar-refractivity contribution is 7.91. The number of nitrogens with two attached hydrogens (primary N) is 1. The lowest BCUT2D eigenvalue weighted by molar-refractivity contribution is -0.137. The molecule has 6 nitrogen and oxygen atoms in total. The van der Waals surface area contributed by atoms with E-state index in [1.807, 2.05) is 0 Å². The summed E-state index contributed by atoms with van der Waals surface area (Å²) in [7, 11) is -3.81. The van der Waals surface area contributed by atoms with Crippen LogP contribution < -0.4 is 15.8 Å². The van der Waals surface area contributed by atoms with E-state index >= 15 is 0 Å². The van der Waals surface area contributed by atoms with E-state index in [1.54, 1.807) is 13.8 Å². The summed E-state index contributed by atoms with van der Waals surface area (Å²) in [6.45, 7) is 3.60. The summed E-state index contributed by atoms with van der Waals surface area (Å²) in [6, 6.07) is 4.95. The molecule has 1 amide bonds. The molecule has 1 aromatic heterocycles. The minimum atomic E-state index is -4.52. The van der Waals surface area contributed by atoms with Crippen LogP contribution in [0.25, 0.3) is 0 Å². The maximum Gasteiger partial charge on any atom is 0.416 e. The Kier molecular flexibility index (Phi) is 7.20. The number of carbonyl (C=O) groups excluding carboxylic acids is 1. The van der Waals surface area contributed by atoms with Gasteiger partial charge in [0.1, 0.15) is 10.3 Å². The van der Waals surface area contributed by atoms with E-state index in [1.165, 1.54) is 18.2 Å². The molecule has 0 aliphatic heterocycles. The van der Waals surface area contributed by atoms with Gasteiger partial charge in [-0.25, -0.2) is 13.6 Å². The van der Waals surface area contributed by atoms with E-state index in [-0.39, 0.29) is 27.4 Å². The van der Waals surface area contributed by atoms with Gasteiger partial charge in [-0.2, -0.15) is 13.2 Å². The van der Waals surface area contributed by atoms with E-state index in [0.717, 1.165) is 23.5 Å². The highest BCUT2D eigenvalue weighted by Crippen LogP contribution is 2.34. The van der Waals surface area contributed by atoms with Crippen LogP contribution in [-0.4, -0.2) is 20.4 Å². The number of rotatable bonds is 7. The van der Waals surface area contributed by atoms with Gasteiger partial charge in [0.05, 0.1) is 22.8 Å². The quantitative estimate of drug-likeness (QED) is 0.573. The number of amides is 1. The largest absolute Gasteiger partial charge is 0.416 e. The summed E-state index contributed by atoms with van der Waals surface area (Å²) in [5, 5.41) is 10.4. The average Bonchev–Trinajstić information content (AvgIpc) is 3.06. The molecule has 0 unspecified atom stereocenters. The van der Waals surface area contributed by atoms with Crippen molar-refractivity contribution in [2.45, 2.75) is 36.8 Å². The van der Waals surface area contributed by atoms with Crippen molar-refractivity contribution in [3.63, 3.8) is 0 Å². The van der Waals surface area contributed by atoms with Crippen molar-refractivity contribution in [1.29, 1.82) is 0 Å². The fraction of sp³-hybridized carbons (Fsp3) is 0.353. The minimum absolute atomic E-state index is 0.0168.